The largest absolute Gasteiger partial charge is 0.387 e. The lowest BCUT2D eigenvalue weighted by atomic mass is 9.94. The molecule has 1 heterocycles. The summed E-state index contributed by atoms with van der Waals surface area (Å²) in [6.45, 7) is 1.85. The van der Waals surface area contributed by atoms with Crippen molar-refractivity contribution in [3.05, 3.63) is 0 Å². The highest BCUT2D eigenvalue weighted by Gasteiger charge is 2.29. The fourth-order valence-corrected chi connectivity index (χ4v) is 2.83. The van der Waals surface area contributed by atoms with Crippen molar-refractivity contribution >= 4 is 18.4 Å². The molecule has 1 saturated carbocycles. The first-order valence-electron chi connectivity index (χ1n) is 7.15. The van der Waals surface area contributed by atoms with E-state index in [1.54, 1.807) is 0 Å². The molecule has 0 aromatic carbocycles. The fraction of sp³-hybridized carbons (Fsp3) is 0.923. The van der Waals surface area contributed by atoms with Crippen LogP contribution in [0.1, 0.15) is 44.9 Å². The molecule has 1 aliphatic heterocycles. The molecule has 6 heteroatoms. The summed E-state index contributed by atoms with van der Waals surface area (Å²) >= 11 is 0. The van der Waals surface area contributed by atoms with Gasteiger partial charge in [-0.1, -0.05) is 19.3 Å². The molecule has 1 unspecified atom stereocenters. The van der Waals surface area contributed by atoms with Gasteiger partial charge in [0, 0.05) is 19.1 Å². The number of hydrogen-bond donors (Lipinski definition) is 4. The van der Waals surface area contributed by atoms with E-state index in [0.29, 0.717) is 19.1 Å². The molecule has 0 spiro atoms. The monoisotopic (exact) mass is 291 g/mol. The van der Waals surface area contributed by atoms with E-state index in [2.05, 4.69) is 16.0 Å². The predicted octanol–water partition coefficient (Wildman–Crippen LogP) is 1.15. The summed E-state index contributed by atoms with van der Waals surface area (Å²) < 4.78 is 0. The molecule has 1 atom stereocenters. The number of urea groups is 1. The quantitative estimate of drug-likeness (QED) is 0.630. The Morgan fingerprint density at radius 1 is 1.26 bits per heavy atom. The van der Waals surface area contributed by atoms with Gasteiger partial charge in [0.15, 0.2) is 0 Å². The van der Waals surface area contributed by atoms with Crippen LogP contribution in [-0.4, -0.2) is 42.4 Å². The Labute approximate surface area is 121 Å². The second kappa shape index (κ2) is 7.92. The molecule has 4 N–H and O–H groups in total. The minimum absolute atomic E-state index is 0. The van der Waals surface area contributed by atoms with Gasteiger partial charge in [0.05, 0.1) is 5.60 Å². The van der Waals surface area contributed by atoms with Crippen LogP contribution in [0.5, 0.6) is 0 Å². The van der Waals surface area contributed by atoms with Crippen LogP contribution in [0.15, 0.2) is 0 Å². The minimum atomic E-state index is -0.776. The molecule has 0 aromatic rings. The number of aliphatic hydroxyl groups is 1. The highest BCUT2D eigenvalue weighted by molar-refractivity contribution is 5.85. The van der Waals surface area contributed by atoms with Gasteiger partial charge in [-0.2, -0.15) is 0 Å². The van der Waals surface area contributed by atoms with Gasteiger partial charge in [-0.3, -0.25) is 0 Å². The first-order valence-corrected chi connectivity index (χ1v) is 7.15. The molecule has 1 saturated heterocycles. The van der Waals surface area contributed by atoms with E-state index in [-0.39, 0.29) is 18.4 Å². The van der Waals surface area contributed by atoms with E-state index in [4.69, 9.17) is 0 Å². The van der Waals surface area contributed by atoms with Crippen LogP contribution in [0.2, 0.25) is 0 Å². The lowest BCUT2D eigenvalue weighted by Gasteiger charge is -2.33. The van der Waals surface area contributed by atoms with Crippen molar-refractivity contribution in [3.8, 4) is 0 Å². The summed E-state index contributed by atoms with van der Waals surface area (Å²) in [6.07, 6.45) is 7.58. The number of β-amino-alcohol motifs (C(OH)–C–C–N with tert-alkyl or cyclic N) is 1. The summed E-state index contributed by atoms with van der Waals surface area (Å²) in [5.74, 6) is 0. The summed E-state index contributed by atoms with van der Waals surface area (Å²) in [7, 11) is 0. The van der Waals surface area contributed by atoms with Gasteiger partial charge < -0.3 is 21.1 Å². The molecule has 2 rings (SSSR count). The number of nitrogens with one attached hydrogen (secondary N) is 3. The number of hydrogen-bond acceptors (Lipinski definition) is 3. The fourth-order valence-electron chi connectivity index (χ4n) is 2.83. The molecule has 2 aliphatic rings. The van der Waals surface area contributed by atoms with E-state index >= 15 is 0 Å². The molecule has 112 valence electrons. The zero-order valence-corrected chi connectivity index (χ0v) is 12.2. The van der Waals surface area contributed by atoms with Crippen LogP contribution >= 0.6 is 12.4 Å². The molecule has 19 heavy (non-hydrogen) atoms. The molecule has 2 amide bonds. The van der Waals surface area contributed by atoms with Crippen LogP contribution in [-0.2, 0) is 0 Å². The van der Waals surface area contributed by atoms with Gasteiger partial charge >= 0.3 is 6.03 Å². The third kappa shape index (κ3) is 5.55. The normalized spacial score (nSPS) is 28.3. The average Bonchev–Trinajstić information content (AvgIpc) is 2.39. The number of rotatable bonds is 3. The number of carbonyl (C=O) groups excluding carboxylic acids is 1. The van der Waals surface area contributed by atoms with Crippen LogP contribution in [0, 0.1) is 0 Å². The van der Waals surface area contributed by atoms with E-state index in [1.165, 1.54) is 19.3 Å². The molecule has 1 aliphatic carbocycles. The number of amides is 2. The van der Waals surface area contributed by atoms with Crippen LogP contribution in [0.4, 0.5) is 4.79 Å². The van der Waals surface area contributed by atoms with E-state index < -0.39 is 5.60 Å². The average molecular weight is 292 g/mol. The van der Waals surface area contributed by atoms with Crippen molar-refractivity contribution in [1.29, 1.82) is 0 Å². The molecule has 0 aromatic heterocycles. The van der Waals surface area contributed by atoms with Gasteiger partial charge in [-0.25, -0.2) is 4.79 Å². The van der Waals surface area contributed by atoms with Crippen molar-refractivity contribution in [2.45, 2.75) is 56.6 Å². The van der Waals surface area contributed by atoms with Gasteiger partial charge in [-0.15, -0.1) is 12.4 Å². The van der Waals surface area contributed by atoms with Gasteiger partial charge in [0.1, 0.15) is 0 Å². The maximum atomic E-state index is 11.7. The Kier molecular flexibility index (Phi) is 6.89. The van der Waals surface area contributed by atoms with E-state index in [0.717, 1.165) is 32.2 Å². The van der Waals surface area contributed by atoms with Crippen molar-refractivity contribution in [3.63, 3.8) is 0 Å². The molecule has 0 bridgehead atoms. The SMILES string of the molecule is Cl.O=C(NCC1(O)CCCNC1)NC1CCCCC1. The molecule has 2 fully saturated rings. The second-order valence-corrected chi connectivity index (χ2v) is 5.67. The standard InChI is InChI=1S/C13H25N3O2.ClH/c17-12(16-11-5-2-1-3-6-11)15-10-13(18)7-4-8-14-9-13;/h11,14,18H,1-10H2,(H2,15,16,17);1H. The number of piperidine rings is 1. The number of carbonyl (C=O) groups is 1. The lowest BCUT2D eigenvalue weighted by molar-refractivity contribution is 0.0193. The predicted molar refractivity (Wildman–Crippen MR) is 77.7 cm³/mol. The van der Waals surface area contributed by atoms with Crippen LogP contribution in [0.25, 0.3) is 0 Å². The Morgan fingerprint density at radius 2 is 2.00 bits per heavy atom. The first-order chi connectivity index (χ1) is 8.68. The Balaban J connectivity index is 0.00000180. The summed E-state index contributed by atoms with van der Waals surface area (Å²) in [5, 5.41) is 19.2. The molecular formula is C13H26ClN3O2. The Hall–Kier alpha value is -0.520. The van der Waals surface area contributed by atoms with Crippen LogP contribution < -0.4 is 16.0 Å². The van der Waals surface area contributed by atoms with Crippen molar-refractivity contribution in [2.75, 3.05) is 19.6 Å². The van der Waals surface area contributed by atoms with Crippen LogP contribution in [0.3, 0.4) is 0 Å². The third-order valence-electron chi connectivity index (χ3n) is 3.97. The molecule has 0 radical (unpaired) electrons. The Bertz CT molecular complexity index is 277. The van der Waals surface area contributed by atoms with Crippen molar-refractivity contribution in [2.24, 2.45) is 0 Å². The van der Waals surface area contributed by atoms with Crippen molar-refractivity contribution in [1.82, 2.24) is 16.0 Å². The topological polar surface area (TPSA) is 73.4 Å². The van der Waals surface area contributed by atoms with Gasteiger partial charge in [0.2, 0.25) is 0 Å². The maximum Gasteiger partial charge on any atom is 0.315 e. The maximum absolute atomic E-state index is 11.7. The highest BCUT2D eigenvalue weighted by Crippen LogP contribution is 2.17. The minimum Gasteiger partial charge on any atom is -0.387 e. The first kappa shape index (κ1) is 16.5. The Morgan fingerprint density at radius 3 is 2.63 bits per heavy atom. The lowest BCUT2D eigenvalue weighted by Crippen LogP contribution is -2.55. The highest BCUT2D eigenvalue weighted by atomic mass is 35.5. The molecular weight excluding hydrogens is 266 g/mol. The summed E-state index contributed by atoms with van der Waals surface area (Å²) in [6, 6.07) is 0.179. The smallest absolute Gasteiger partial charge is 0.315 e. The number of halogens is 1. The van der Waals surface area contributed by atoms with E-state index in [1.807, 2.05) is 0 Å². The van der Waals surface area contributed by atoms with Gasteiger partial charge in [0.25, 0.3) is 0 Å². The van der Waals surface area contributed by atoms with Crippen molar-refractivity contribution < 1.29 is 9.90 Å². The van der Waals surface area contributed by atoms with E-state index in [9.17, 15) is 9.90 Å². The third-order valence-corrected chi connectivity index (χ3v) is 3.97. The van der Waals surface area contributed by atoms with Gasteiger partial charge in [-0.05, 0) is 32.2 Å². The zero-order valence-electron chi connectivity index (χ0n) is 11.4. The summed E-state index contributed by atoms with van der Waals surface area (Å²) in [5.41, 5.74) is -0.776. The zero-order chi connectivity index (χ0) is 12.8. The summed E-state index contributed by atoms with van der Waals surface area (Å²) in [4.78, 5) is 11.7. The second-order valence-electron chi connectivity index (χ2n) is 5.67. The molecule has 5 nitrogen and oxygen atoms in total.